The van der Waals surface area contributed by atoms with Crippen molar-refractivity contribution in [3.63, 3.8) is 0 Å². The summed E-state index contributed by atoms with van der Waals surface area (Å²) in [7, 11) is 1.87. The van der Waals surface area contributed by atoms with E-state index in [0.29, 0.717) is 6.54 Å². The number of aromatic amines is 1. The lowest BCUT2D eigenvalue weighted by atomic mass is 10.3. The third-order valence-corrected chi connectivity index (χ3v) is 3.56. The fourth-order valence-corrected chi connectivity index (χ4v) is 2.49. The molecule has 2 aromatic heterocycles. The fraction of sp³-hybridized carbons (Fsp3) is 0.462. The van der Waals surface area contributed by atoms with Crippen LogP contribution in [0.3, 0.4) is 0 Å². The Morgan fingerprint density at radius 1 is 1.48 bits per heavy atom. The number of hydrogen-bond donors (Lipinski definition) is 4. The van der Waals surface area contributed by atoms with Crippen LogP contribution in [-0.4, -0.2) is 60.6 Å². The maximum absolute atomic E-state index is 10.7. The van der Waals surface area contributed by atoms with Crippen LogP contribution in [0.5, 0.6) is 0 Å². The topological polar surface area (TPSA) is 98.0 Å². The lowest BCUT2D eigenvalue weighted by molar-refractivity contribution is -0.106. The number of piperazine rings is 1. The van der Waals surface area contributed by atoms with Crippen molar-refractivity contribution in [1.82, 2.24) is 25.6 Å². The Morgan fingerprint density at radius 3 is 3.14 bits per heavy atom. The highest BCUT2D eigenvalue weighted by Gasteiger charge is 2.18. The van der Waals surface area contributed by atoms with Crippen molar-refractivity contribution in [2.75, 3.05) is 43.4 Å². The molecule has 0 radical (unpaired) electrons. The van der Waals surface area contributed by atoms with Crippen LogP contribution in [0, 0.1) is 0 Å². The summed E-state index contributed by atoms with van der Waals surface area (Å²) in [6, 6.07) is 0. The molecule has 0 aromatic carbocycles. The van der Waals surface area contributed by atoms with Gasteiger partial charge in [-0.05, 0) is 0 Å². The number of aldehydes is 1. The van der Waals surface area contributed by atoms with Crippen LogP contribution in [0.25, 0.3) is 11.0 Å². The van der Waals surface area contributed by atoms with Crippen LogP contribution in [-0.2, 0) is 4.79 Å². The van der Waals surface area contributed by atoms with Gasteiger partial charge < -0.3 is 25.3 Å². The minimum atomic E-state index is 0.121. The molecule has 112 valence electrons. The zero-order valence-corrected chi connectivity index (χ0v) is 11.9. The predicted molar refractivity (Wildman–Crippen MR) is 81.5 cm³/mol. The normalized spacial score (nSPS) is 18.6. The predicted octanol–water partition coefficient (Wildman–Crippen LogP) is -0.476. The average molecular weight is 289 g/mol. The summed E-state index contributed by atoms with van der Waals surface area (Å²) in [6.45, 7) is 3.03. The summed E-state index contributed by atoms with van der Waals surface area (Å²) in [5.41, 5.74) is 1.66. The minimum absolute atomic E-state index is 0.121. The summed E-state index contributed by atoms with van der Waals surface area (Å²) in [5, 5.41) is 11.0. The number of nitrogens with zero attached hydrogens (tertiary/aromatic N) is 3. The Labute approximate surface area is 122 Å². The smallest absolute Gasteiger partial charge is 0.145 e. The summed E-state index contributed by atoms with van der Waals surface area (Å²) < 4.78 is 0. The highest BCUT2D eigenvalue weighted by Crippen LogP contribution is 2.29. The van der Waals surface area contributed by atoms with Gasteiger partial charge in [-0.3, -0.25) is 5.32 Å². The zero-order valence-electron chi connectivity index (χ0n) is 11.9. The second-order valence-corrected chi connectivity index (χ2v) is 5.02. The molecular weight excluding hydrogens is 270 g/mol. The molecule has 4 N–H and O–H groups in total. The van der Waals surface area contributed by atoms with E-state index in [-0.39, 0.29) is 6.17 Å². The van der Waals surface area contributed by atoms with Gasteiger partial charge in [-0.2, -0.15) is 0 Å². The molecule has 1 saturated heterocycles. The summed E-state index contributed by atoms with van der Waals surface area (Å²) >= 11 is 0. The number of hydrogen-bond acceptors (Lipinski definition) is 7. The first-order valence-electron chi connectivity index (χ1n) is 6.97. The fourth-order valence-electron chi connectivity index (χ4n) is 2.49. The zero-order chi connectivity index (χ0) is 14.7. The molecule has 0 unspecified atom stereocenters. The monoisotopic (exact) mass is 289 g/mol. The molecule has 2 aromatic rings. The number of nitrogens with one attached hydrogen (secondary N) is 4. The Balaban J connectivity index is 1.93. The van der Waals surface area contributed by atoms with Gasteiger partial charge in [0.15, 0.2) is 0 Å². The molecule has 3 rings (SSSR count). The molecule has 8 nitrogen and oxygen atoms in total. The van der Waals surface area contributed by atoms with Crippen LogP contribution in [0.2, 0.25) is 0 Å². The molecule has 0 aliphatic carbocycles. The number of carbonyl (C=O) groups is 1. The highest BCUT2D eigenvalue weighted by atomic mass is 16.1. The number of rotatable bonds is 5. The van der Waals surface area contributed by atoms with Crippen LogP contribution in [0.1, 0.15) is 0 Å². The van der Waals surface area contributed by atoms with E-state index in [2.05, 4.69) is 30.9 Å². The molecule has 0 amide bonds. The first-order valence-corrected chi connectivity index (χ1v) is 6.97. The summed E-state index contributed by atoms with van der Waals surface area (Å²) in [4.78, 5) is 24.3. The van der Waals surface area contributed by atoms with Crippen molar-refractivity contribution in [1.29, 1.82) is 0 Å². The van der Waals surface area contributed by atoms with Gasteiger partial charge in [-0.25, -0.2) is 9.97 Å². The lowest BCUT2D eigenvalue weighted by Crippen LogP contribution is -2.52. The van der Waals surface area contributed by atoms with Crippen molar-refractivity contribution < 1.29 is 4.79 Å². The molecule has 1 atom stereocenters. The van der Waals surface area contributed by atoms with Crippen molar-refractivity contribution in [2.45, 2.75) is 6.17 Å². The Morgan fingerprint density at radius 2 is 2.38 bits per heavy atom. The molecule has 0 saturated carbocycles. The first-order chi connectivity index (χ1) is 10.3. The van der Waals surface area contributed by atoms with Crippen LogP contribution in [0.15, 0.2) is 12.5 Å². The highest BCUT2D eigenvalue weighted by molar-refractivity contribution is 5.99. The second-order valence-electron chi connectivity index (χ2n) is 5.02. The van der Waals surface area contributed by atoms with Crippen molar-refractivity contribution >= 4 is 28.8 Å². The van der Waals surface area contributed by atoms with E-state index in [0.717, 1.165) is 48.5 Å². The van der Waals surface area contributed by atoms with E-state index >= 15 is 0 Å². The third kappa shape index (κ3) is 2.81. The molecule has 1 fully saturated rings. The quantitative estimate of drug-likeness (QED) is 0.552. The number of anilines is 2. The number of carbonyl (C=O) groups excluding carboxylic acids is 1. The average Bonchev–Trinajstić information content (AvgIpc) is 2.94. The molecular formula is C13H19N7O. The van der Waals surface area contributed by atoms with Gasteiger partial charge in [0.05, 0.1) is 23.8 Å². The number of fused-ring (bicyclic) bond motifs is 1. The Kier molecular flexibility index (Phi) is 3.98. The minimum Gasteiger partial charge on any atom is -0.366 e. The van der Waals surface area contributed by atoms with Crippen LogP contribution in [0.4, 0.5) is 11.5 Å². The van der Waals surface area contributed by atoms with Crippen LogP contribution < -0.4 is 20.9 Å². The van der Waals surface area contributed by atoms with Gasteiger partial charge in [0, 0.05) is 32.9 Å². The largest absolute Gasteiger partial charge is 0.366 e. The third-order valence-electron chi connectivity index (χ3n) is 3.56. The Hall–Kier alpha value is -2.19. The van der Waals surface area contributed by atoms with Gasteiger partial charge in [0.1, 0.15) is 24.1 Å². The summed E-state index contributed by atoms with van der Waals surface area (Å²) in [5.74, 6) is 0.759. The van der Waals surface area contributed by atoms with Crippen molar-refractivity contribution in [2.24, 2.45) is 0 Å². The lowest BCUT2D eigenvalue weighted by Gasteiger charge is -2.26. The molecule has 1 aliphatic rings. The molecule has 0 spiro atoms. The van der Waals surface area contributed by atoms with Crippen molar-refractivity contribution in [3.8, 4) is 0 Å². The van der Waals surface area contributed by atoms with Gasteiger partial charge >= 0.3 is 0 Å². The number of H-pyrrole nitrogens is 1. The van der Waals surface area contributed by atoms with E-state index in [1.165, 1.54) is 6.33 Å². The second kappa shape index (κ2) is 6.06. The molecule has 8 heteroatoms. The van der Waals surface area contributed by atoms with E-state index in [1.807, 2.05) is 18.1 Å². The van der Waals surface area contributed by atoms with Crippen molar-refractivity contribution in [3.05, 3.63) is 12.5 Å². The molecule has 21 heavy (non-hydrogen) atoms. The van der Waals surface area contributed by atoms with Gasteiger partial charge in [-0.1, -0.05) is 0 Å². The van der Waals surface area contributed by atoms with E-state index < -0.39 is 0 Å². The van der Waals surface area contributed by atoms with Gasteiger partial charge in [0.25, 0.3) is 0 Å². The van der Waals surface area contributed by atoms with E-state index in [1.54, 1.807) is 0 Å². The maximum atomic E-state index is 10.7. The van der Waals surface area contributed by atoms with Gasteiger partial charge in [-0.15, -0.1) is 0 Å². The first kappa shape index (κ1) is 13.8. The summed E-state index contributed by atoms with van der Waals surface area (Å²) in [6.07, 6.45) is 4.38. The van der Waals surface area contributed by atoms with Crippen LogP contribution >= 0.6 is 0 Å². The van der Waals surface area contributed by atoms with E-state index in [9.17, 15) is 4.79 Å². The molecule has 1 aliphatic heterocycles. The maximum Gasteiger partial charge on any atom is 0.145 e. The van der Waals surface area contributed by atoms with E-state index in [4.69, 9.17) is 0 Å². The SMILES string of the molecule is CN(CC=O)c1c[nH]c2ncnc(N[C@@H]3CNCCN3)c12. The molecule has 0 bridgehead atoms. The Bertz CT molecular complexity index is 620. The van der Waals surface area contributed by atoms with Gasteiger partial charge in [0.2, 0.25) is 0 Å². The molecule has 3 heterocycles. The number of likely N-dealkylation sites (N-methyl/N-ethyl adjacent to an activating group) is 1. The standard InChI is InChI=1S/C13H19N7O/c1-20(4-5-21)9-6-16-12-11(9)13(18-8-17-12)19-10-7-14-2-3-15-10/h5-6,8,10,14-15H,2-4,7H2,1H3,(H2,16,17,18,19)/t10-/m1/s1. The number of aromatic nitrogens is 3.